The lowest BCUT2D eigenvalue weighted by Crippen LogP contribution is -2.28. The van der Waals surface area contributed by atoms with E-state index in [2.05, 4.69) is 5.10 Å². The third-order valence-electron chi connectivity index (χ3n) is 2.62. The summed E-state index contributed by atoms with van der Waals surface area (Å²) in [6.45, 7) is 0. The van der Waals surface area contributed by atoms with Crippen LogP contribution in [0.2, 0.25) is 5.02 Å². The summed E-state index contributed by atoms with van der Waals surface area (Å²) < 4.78 is 23.0. The Morgan fingerprint density at radius 3 is 2.47 bits per heavy atom. The molecule has 0 spiro atoms. The van der Waals surface area contributed by atoms with E-state index in [9.17, 15) is 9.36 Å². The molecule has 0 aliphatic carbocycles. The lowest BCUT2D eigenvalue weighted by Gasteiger charge is -2.09. The van der Waals surface area contributed by atoms with Gasteiger partial charge in [0.25, 0.3) is 5.56 Å². The third kappa shape index (κ3) is 2.40. The van der Waals surface area contributed by atoms with Crippen LogP contribution in [0.15, 0.2) is 35.3 Å². The second-order valence-corrected chi connectivity index (χ2v) is 6.23. The Labute approximate surface area is 114 Å². The molecule has 1 aromatic carbocycles. The number of aromatic amines is 1. The second-order valence-electron chi connectivity index (χ2n) is 3.61. The minimum Gasteiger partial charge on any atom is -0.308 e. The maximum absolute atomic E-state index is 12.2. The van der Waals surface area contributed by atoms with Crippen molar-refractivity contribution in [2.45, 2.75) is 0 Å². The number of rotatable bonds is 4. The second kappa shape index (κ2) is 5.35. The number of nitrogens with one attached hydrogen (secondary N) is 1. The standard InChI is InChI=1S/C11H12ClN2O4P/c1-17-19(16,18-2)10-7-13-14(11(10)15)9-6-4-3-5-8(9)12/h3-7,13H,1-2H3. The Kier molecular flexibility index (Phi) is 3.96. The molecular formula is C11H12ClN2O4P. The van der Waals surface area contributed by atoms with Crippen molar-refractivity contribution in [1.29, 1.82) is 0 Å². The van der Waals surface area contributed by atoms with Crippen LogP contribution in [-0.2, 0) is 13.6 Å². The Balaban J connectivity index is 2.60. The molecule has 0 unspecified atom stereocenters. The highest BCUT2D eigenvalue weighted by Crippen LogP contribution is 2.43. The van der Waals surface area contributed by atoms with Crippen LogP contribution >= 0.6 is 19.2 Å². The van der Waals surface area contributed by atoms with E-state index in [-0.39, 0.29) is 5.30 Å². The van der Waals surface area contributed by atoms with Gasteiger partial charge in [-0.05, 0) is 12.1 Å². The average molecular weight is 303 g/mol. The Morgan fingerprint density at radius 1 is 1.26 bits per heavy atom. The average Bonchev–Trinajstić information content (AvgIpc) is 2.81. The van der Waals surface area contributed by atoms with Gasteiger partial charge in [0.2, 0.25) is 0 Å². The van der Waals surface area contributed by atoms with Crippen LogP contribution in [0, 0.1) is 0 Å². The lowest BCUT2D eigenvalue weighted by molar-refractivity contribution is 0.287. The molecule has 0 aliphatic rings. The summed E-state index contributed by atoms with van der Waals surface area (Å²) in [6.07, 6.45) is 1.29. The normalized spacial score (nSPS) is 11.7. The molecule has 0 bridgehead atoms. The molecule has 0 amide bonds. The number of para-hydroxylation sites is 1. The fourth-order valence-corrected chi connectivity index (χ4v) is 2.95. The summed E-state index contributed by atoms with van der Waals surface area (Å²) >= 11 is 6.01. The van der Waals surface area contributed by atoms with Gasteiger partial charge in [-0.2, -0.15) is 0 Å². The smallest absolute Gasteiger partial charge is 0.308 e. The van der Waals surface area contributed by atoms with E-state index in [0.717, 1.165) is 0 Å². The summed E-state index contributed by atoms with van der Waals surface area (Å²) in [7, 11) is -1.16. The number of halogens is 1. The van der Waals surface area contributed by atoms with Crippen LogP contribution in [0.1, 0.15) is 0 Å². The van der Waals surface area contributed by atoms with E-state index in [0.29, 0.717) is 10.7 Å². The first kappa shape index (κ1) is 14.1. The summed E-state index contributed by atoms with van der Waals surface area (Å²) in [4.78, 5) is 12.2. The monoisotopic (exact) mass is 302 g/mol. The van der Waals surface area contributed by atoms with Gasteiger partial charge in [-0.1, -0.05) is 23.7 Å². The predicted octanol–water partition coefficient (Wildman–Crippen LogP) is 1.93. The van der Waals surface area contributed by atoms with E-state index < -0.39 is 13.2 Å². The highest BCUT2D eigenvalue weighted by atomic mass is 35.5. The molecule has 1 heterocycles. The van der Waals surface area contributed by atoms with Gasteiger partial charge in [-0.25, -0.2) is 4.68 Å². The highest BCUT2D eigenvalue weighted by Gasteiger charge is 2.30. The van der Waals surface area contributed by atoms with Crippen LogP contribution in [0.5, 0.6) is 0 Å². The van der Waals surface area contributed by atoms with Crippen LogP contribution < -0.4 is 10.9 Å². The fourth-order valence-electron chi connectivity index (χ4n) is 1.64. The first-order valence-corrected chi connectivity index (χ1v) is 7.23. The van der Waals surface area contributed by atoms with Crippen molar-refractivity contribution < 1.29 is 13.6 Å². The summed E-state index contributed by atoms with van der Waals surface area (Å²) in [5, 5.41) is 3.01. The number of hydrogen-bond acceptors (Lipinski definition) is 4. The largest absolute Gasteiger partial charge is 0.368 e. The maximum atomic E-state index is 12.2. The first-order chi connectivity index (χ1) is 9.03. The number of benzene rings is 1. The lowest BCUT2D eigenvalue weighted by atomic mass is 10.3. The van der Waals surface area contributed by atoms with Crippen LogP contribution in [-0.4, -0.2) is 24.0 Å². The molecule has 0 radical (unpaired) electrons. The van der Waals surface area contributed by atoms with E-state index in [1.165, 1.54) is 25.1 Å². The number of nitrogens with zero attached hydrogens (tertiary/aromatic N) is 1. The van der Waals surface area contributed by atoms with Crippen molar-refractivity contribution >= 4 is 24.5 Å². The SMILES string of the molecule is COP(=O)(OC)c1c[nH]n(-c2ccccc2Cl)c1=O. The van der Waals surface area contributed by atoms with Gasteiger partial charge in [0.05, 0.1) is 10.7 Å². The van der Waals surface area contributed by atoms with Crippen molar-refractivity contribution in [2.75, 3.05) is 14.2 Å². The van der Waals surface area contributed by atoms with Gasteiger partial charge >= 0.3 is 7.60 Å². The van der Waals surface area contributed by atoms with E-state index >= 15 is 0 Å². The molecule has 102 valence electrons. The molecule has 0 saturated heterocycles. The number of H-pyrrole nitrogens is 1. The molecule has 8 heteroatoms. The van der Waals surface area contributed by atoms with Crippen molar-refractivity contribution in [1.82, 2.24) is 9.78 Å². The minimum atomic E-state index is -3.59. The van der Waals surface area contributed by atoms with Crippen molar-refractivity contribution in [2.24, 2.45) is 0 Å². The van der Waals surface area contributed by atoms with Gasteiger partial charge in [0, 0.05) is 20.4 Å². The summed E-state index contributed by atoms with van der Waals surface area (Å²) in [6, 6.07) is 6.79. The topological polar surface area (TPSA) is 73.3 Å². The summed E-state index contributed by atoms with van der Waals surface area (Å²) in [5.74, 6) is 0. The molecule has 0 saturated carbocycles. The maximum Gasteiger partial charge on any atom is 0.368 e. The van der Waals surface area contributed by atoms with Crippen molar-refractivity contribution in [3.05, 3.63) is 45.8 Å². The van der Waals surface area contributed by atoms with Crippen LogP contribution in [0.3, 0.4) is 0 Å². The van der Waals surface area contributed by atoms with Crippen molar-refractivity contribution in [3.8, 4) is 5.69 Å². The van der Waals surface area contributed by atoms with Gasteiger partial charge < -0.3 is 9.05 Å². The van der Waals surface area contributed by atoms with E-state index in [1.807, 2.05) is 0 Å². The van der Waals surface area contributed by atoms with Gasteiger partial charge in [-0.3, -0.25) is 14.5 Å². The predicted molar refractivity (Wildman–Crippen MR) is 72.7 cm³/mol. The number of hydrogen-bond donors (Lipinski definition) is 1. The Morgan fingerprint density at radius 2 is 1.89 bits per heavy atom. The quantitative estimate of drug-likeness (QED) is 0.876. The summed E-state index contributed by atoms with van der Waals surface area (Å²) in [5.41, 5.74) is -0.0701. The fraction of sp³-hybridized carbons (Fsp3) is 0.182. The zero-order valence-corrected chi connectivity index (χ0v) is 11.9. The molecule has 1 aromatic heterocycles. The van der Waals surface area contributed by atoms with Crippen molar-refractivity contribution in [3.63, 3.8) is 0 Å². The van der Waals surface area contributed by atoms with Crippen LogP contribution in [0.25, 0.3) is 5.69 Å². The molecule has 6 nitrogen and oxygen atoms in total. The zero-order valence-electron chi connectivity index (χ0n) is 10.3. The molecule has 2 aromatic rings. The molecular weight excluding hydrogens is 291 g/mol. The Hall–Kier alpha value is -1.33. The van der Waals surface area contributed by atoms with Crippen LogP contribution in [0.4, 0.5) is 0 Å². The first-order valence-electron chi connectivity index (χ1n) is 5.31. The molecule has 0 fully saturated rings. The molecule has 0 aliphatic heterocycles. The van der Waals surface area contributed by atoms with Gasteiger partial charge in [0.15, 0.2) is 0 Å². The van der Waals surface area contributed by atoms with E-state index in [1.54, 1.807) is 24.3 Å². The molecule has 0 atom stereocenters. The minimum absolute atomic E-state index is 0.0718. The van der Waals surface area contributed by atoms with E-state index in [4.69, 9.17) is 20.6 Å². The van der Waals surface area contributed by atoms with Gasteiger partial charge in [-0.15, -0.1) is 0 Å². The Bertz CT molecular complexity index is 686. The molecule has 2 rings (SSSR count). The van der Waals surface area contributed by atoms with Gasteiger partial charge in [0.1, 0.15) is 5.30 Å². The number of aromatic nitrogens is 2. The highest BCUT2D eigenvalue weighted by molar-refractivity contribution is 7.62. The molecule has 19 heavy (non-hydrogen) atoms. The third-order valence-corrected chi connectivity index (χ3v) is 4.81. The zero-order chi connectivity index (χ0) is 14.0. The molecule has 1 N–H and O–H groups in total.